The van der Waals surface area contributed by atoms with Gasteiger partial charge in [0.1, 0.15) is 0 Å². The summed E-state index contributed by atoms with van der Waals surface area (Å²) in [5.74, 6) is 4.73. The second-order valence-electron chi connectivity index (χ2n) is 3.62. The van der Waals surface area contributed by atoms with Gasteiger partial charge in [0.25, 0.3) is 0 Å². The molecule has 0 aromatic carbocycles. The van der Waals surface area contributed by atoms with Gasteiger partial charge in [0.05, 0.1) is 16.3 Å². The van der Waals surface area contributed by atoms with Crippen LogP contribution in [0.25, 0.3) is 0 Å². The minimum Gasteiger partial charge on any atom is -0.182 e. The zero-order chi connectivity index (χ0) is 9.90. The van der Waals surface area contributed by atoms with Crippen LogP contribution >= 0.6 is 23.4 Å². The number of hydrogen-bond acceptors (Lipinski definition) is 5. The van der Waals surface area contributed by atoms with Gasteiger partial charge in [0, 0.05) is 4.88 Å². The van der Waals surface area contributed by atoms with Gasteiger partial charge in [0.15, 0.2) is 0 Å². The van der Waals surface area contributed by atoms with Crippen molar-refractivity contribution in [1.82, 2.24) is 0 Å². The molecule has 5 heteroatoms. The van der Waals surface area contributed by atoms with Crippen LogP contribution in [0.15, 0.2) is 16.3 Å². The highest BCUT2D eigenvalue weighted by Crippen LogP contribution is 2.34. The summed E-state index contributed by atoms with van der Waals surface area (Å²) in [6.45, 7) is 6.52. The third kappa shape index (κ3) is 3.28. The van der Waals surface area contributed by atoms with E-state index in [0.717, 1.165) is 16.3 Å². The van der Waals surface area contributed by atoms with E-state index in [1.807, 2.05) is 6.07 Å². The van der Waals surface area contributed by atoms with Gasteiger partial charge in [-0.05, 0) is 17.5 Å². The van der Waals surface area contributed by atoms with Gasteiger partial charge in [-0.2, -0.15) is 5.90 Å². The fraction of sp³-hybridized carbons (Fsp3) is 0.500. The highest BCUT2D eigenvalue weighted by atomic mass is 32.2. The molecular formula is C8H13NO2S2. The summed E-state index contributed by atoms with van der Waals surface area (Å²) in [6, 6.07) is 4.09. The molecule has 0 bridgehead atoms. The van der Waals surface area contributed by atoms with Crippen molar-refractivity contribution in [1.29, 1.82) is 0 Å². The van der Waals surface area contributed by atoms with E-state index in [-0.39, 0.29) is 5.41 Å². The van der Waals surface area contributed by atoms with E-state index in [0.29, 0.717) is 0 Å². The molecule has 0 amide bonds. The van der Waals surface area contributed by atoms with Crippen molar-refractivity contribution >= 4 is 23.4 Å². The summed E-state index contributed by atoms with van der Waals surface area (Å²) >= 11 is 2.81. The number of nitrogens with two attached hydrogens (primary N) is 1. The van der Waals surface area contributed by atoms with Crippen LogP contribution in [-0.2, 0) is 14.7 Å². The number of rotatable bonds is 3. The van der Waals surface area contributed by atoms with Gasteiger partial charge in [0.2, 0.25) is 0 Å². The van der Waals surface area contributed by atoms with Crippen molar-refractivity contribution in [3.8, 4) is 0 Å². The van der Waals surface area contributed by atoms with Gasteiger partial charge < -0.3 is 0 Å². The molecule has 1 aromatic heterocycles. The molecule has 0 aliphatic heterocycles. The molecule has 1 rings (SSSR count). The maximum absolute atomic E-state index is 4.73. The maximum atomic E-state index is 4.73. The number of thiophene rings is 1. The molecule has 74 valence electrons. The summed E-state index contributed by atoms with van der Waals surface area (Å²) in [7, 11) is 0. The molecule has 0 saturated carbocycles. The second-order valence-corrected chi connectivity index (χ2v) is 5.70. The fourth-order valence-electron chi connectivity index (χ4n) is 0.821. The molecule has 0 aliphatic rings. The van der Waals surface area contributed by atoms with Crippen molar-refractivity contribution in [3.05, 3.63) is 17.0 Å². The van der Waals surface area contributed by atoms with Crippen molar-refractivity contribution in [2.75, 3.05) is 0 Å². The lowest BCUT2D eigenvalue weighted by molar-refractivity contribution is -0.195. The van der Waals surface area contributed by atoms with Gasteiger partial charge in [-0.1, -0.05) is 20.8 Å². The highest BCUT2D eigenvalue weighted by molar-refractivity contribution is 7.96. The van der Waals surface area contributed by atoms with E-state index in [2.05, 4.69) is 36.2 Å². The van der Waals surface area contributed by atoms with E-state index in [1.54, 1.807) is 11.3 Å². The summed E-state index contributed by atoms with van der Waals surface area (Å²) in [4.78, 5) is 5.33. The van der Waals surface area contributed by atoms with Crippen LogP contribution in [0.3, 0.4) is 0 Å². The summed E-state index contributed by atoms with van der Waals surface area (Å²) in [5, 5.41) is 0. The fourth-order valence-corrected chi connectivity index (χ4v) is 2.33. The maximum Gasteiger partial charge on any atom is 0.0911 e. The third-order valence-electron chi connectivity index (χ3n) is 1.48. The van der Waals surface area contributed by atoms with Crippen LogP contribution in [0, 0.1) is 0 Å². The van der Waals surface area contributed by atoms with Crippen molar-refractivity contribution in [2.45, 2.75) is 30.4 Å². The first-order chi connectivity index (χ1) is 6.04. The minimum absolute atomic E-state index is 0.188. The lowest BCUT2D eigenvalue weighted by Gasteiger charge is -2.14. The smallest absolute Gasteiger partial charge is 0.0911 e. The molecule has 2 N–H and O–H groups in total. The van der Waals surface area contributed by atoms with E-state index in [1.165, 1.54) is 4.88 Å². The first-order valence-electron chi connectivity index (χ1n) is 3.84. The average molecular weight is 219 g/mol. The Bertz CT molecular complexity index is 267. The molecular weight excluding hydrogens is 206 g/mol. The Kier molecular flexibility index (Phi) is 3.75. The molecule has 1 heterocycles. The topological polar surface area (TPSA) is 44.5 Å². The van der Waals surface area contributed by atoms with Crippen LogP contribution in [0.5, 0.6) is 0 Å². The second kappa shape index (κ2) is 4.43. The molecule has 13 heavy (non-hydrogen) atoms. The zero-order valence-electron chi connectivity index (χ0n) is 7.87. The van der Waals surface area contributed by atoms with E-state index in [4.69, 9.17) is 5.90 Å². The molecule has 1 aromatic rings. The predicted octanol–water partition coefficient (Wildman–Crippen LogP) is 2.87. The quantitative estimate of drug-likeness (QED) is 0.482. The molecule has 0 unspecified atom stereocenters. The van der Waals surface area contributed by atoms with Crippen molar-refractivity contribution in [3.63, 3.8) is 0 Å². The Balaban J connectivity index is 2.64. The van der Waals surface area contributed by atoms with Gasteiger partial charge in [-0.25, -0.2) is 0 Å². The molecule has 0 saturated heterocycles. The molecule has 0 radical (unpaired) electrons. The Morgan fingerprint density at radius 3 is 2.54 bits per heavy atom. The van der Waals surface area contributed by atoms with Crippen LogP contribution in [0.4, 0.5) is 0 Å². The van der Waals surface area contributed by atoms with E-state index >= 15 is 0 Å². The molecule has 3 nitrogen and oxygen atoms in total. The third-order valence-corrected chi connectivity index (χ3v) is 3.68. The largest absolute Gasteiger partial charge is 0.182 e. The molecule has 0 atom stereocenters. The van der Waals surface area contributed by atoms with E-state index in [9.17, 15) is 0 Å². The zero-order valence-corrected chi connectivity index (χ0v) is 9.50. The summed E-state index contributed by atoms with van der Waals surface area (Å²) in [5.41, 5.74) is 0.188. The SMILES string of the molecule is CC(C)(C)c1ccc(SOON)s1. The first kappa shape index (κ1) is 11.0. The predicted molar refractivity (Wildman–Crippen MR) is 55.2 cm³/mol. The molecule has 0 spiro atoms. The minimum atomic E-state index is 0.188. The Morgan fingerprint density at radius 2 is 2.08 bits per heavy atom. The lowest BCUT2D eigenvalue weighted by Crippen LogP contribution is -2.07. The Hall–Kier alpha value is -0.0700. The Labute approximate surface area is 86.3 Å². The number of hydrogen-bond donors (Lipinski definition) is 1. The lowest BCUT2D eigenvalue weighted by atomic mass is 9.95. The summed E-state index contributed by atoms with van der Waals surface area (Å²) in [6.07, 6.45) is 0. The normalized spacial score (nSPS) is 12.0. The van der Waals surface area contributed by atoms with Gasteiger partial charge >= 0.3 is 0 Å². The highest BCUT2D eigenvalue weighted by Gasteiger charge is 2.16. The van der Waals surface area contributed by atoms with Crippen molar-refractivity contribution in [2.24, 2.45) is 5.90 Å². The van der Waals surface area contributed by atoms with Crippen LogP contribution < -0.4 is 5.90 Å². The first-order valence-corrected chi connectivity index (χ1v) is 5.40. The van der Waals surface area contributed by atoms with Gasteiger partial charge in [-0.15, -0.1) is 20.7 Å². The standard InChI is InChI=1S/C8H13NO2S2/c1-8(2,3)6-4-5-7(12-6)13-11-10-9/h4-5H,9H2,1-3H3. The summed E-state index contributed by atoms with van der Waals surface area (Å²) < 4.78 is 5.59. The molecule has 0 aliphatic carbocycles. The molecule has 0 fully saturated rings. The van der Waals surface area contributed by atoms with Crippen LogP contribution in [0.2, 0.25) is 0 Å². The monoisotopic (exact) mass is 219 g/mol. The average Bonchev–Trinajstić information content (AvgIpc) is 2.47. The van der Waals surface area contributed by atoms with Crippen LogP contribution in [-0.4, -0.2) is 0 Å². The van der Waals surface area contributed by atoms with Crippen molar-refractivity contribution < 1.29 is 9.32 Å². The van der Waals surface area contributed by atoms with Gasteiger partial charge in [-0.3, -0.25) is 0 Å². The Morgan fingerprint density at radius 1 is 1.38 bits per heavy atom. The van der Waals surface area contributed by atoms with Crippen LogP contribution in [0.1, 0.15) is 25.6 Å². The van der Waals surface area contributed by atoms with E-state index < -0.39 is 0 Å².